The summed E-state index contributed by atoms with van der Waals surface area (Å²) in [5.41, 5.74) is 2.23. The monoisotopic (exact) mass is 364 g/mol. The minimum atomic E-state index is -4.40. The Labute approximate surface area is 143 Å². The van der Waals surface area contributed by atoms with Gasteiger partial charge in [-0.3, -0.25) is 4.40 Å². The lowest BCUT2D eigenvalue weighted by Gasteiger charge is -2.16. The molecule has 10 heteroatoms. The van der Waals surface area contributed by atoms with Gasteiger partial charge in [-0.25, -0.2) is 9.97 Å². The SMILES string of the molecule is C[C@@H](Nc1ncc2c(-c3ccc4ncc(F)n4c3)c[nH]c2n1)C(F)(F)F. The molecule has 0 aliphatic rings. The molecule has 0 spiro atoms. The summed E-state index contributed by atoms with van der Waals surface area (Å²) in [7, 11) is 0. The van der Waals surface area contributed by atoms with Crippen LogP contribution in [0.2, 0.25) is 0 Å². The Morgan fingerprint density at radius 3 is 2.77 bits per heavy atom. The maximum Gasteiger partial charge on any atom is 0.408 e. The number of hydrogen-bond donors (Lipinski definition) is 2. The highest BCUT2D eigenvalue weighted by molar-refractivity contribution is 5.93. The van der Waals surface area contributed by atoms with Crippen LogP contribution in [0.5, 0.6) is 0 Å². The van der Waals surface area contributed by atoms with Crippen LogP contribution in [0.15, 0.2) is 36.9 Å². The highest BCUT2D eigenvalue weighted by Crippen LogP contribution is 2.29. The van der Waals surface area contributed by atoms with Crippen LogP contribution >= 0.6 is 0 Å². The van der Waals surface area contributed by atoms with Crippen LogP contribution in [-0.4, -0.2) is 36.6 Å². The van der Waals surface area contributed by atoms with Crippen LogP contribution in [0.1, 0.15) is 6.92 Å². The van der Waals surface area contributed by atoms with Crippen molar-refractivity contribution in [1.29, 1.82) is 0 Å². The molecule has 0 aromatic carbocycles. The van der Waals surface area contributed by atoms with Crippen LogP contribution in [0.3, 0.4) is 0 Å². The number of fused-ring (bicyclic) bond motifs is 2. The van der Waals surface area contributed by atoms with Gasteiger partial charge in [-0.1, -0.05) is 0 Å². The smallest absolute Gasteiger partial charge is 0.345 e. The first-order valence-electron chi connectivity index (χ1n) is 7.63. The number of imidazole rings is 1. The van der Waals surface area contributed by atoms with E-state index in [1.807, 2.05) is 0 Å². The molecule has 1 atom stereocenters. The molecule has 0 aliphatic heterocycles. The van der Waals surface area contributed by atoms with Crippen molar-refractivity contribution in [3.63, 3.8) is 0 Å². The predicted octanol–water partition coefficient (Wildman–Crippen LogP) is 3.77. The molecule has 0 radical (unpaired) electrons. The number of hydrogen-bond acceptors (Lipinski definition) is 4. The molecule has 26 heavy (non-hydrogen) atoms. The van der Waals surface area contributed by atoms with Gasteiger partial charge in [-0.05, 0) is 19.1 Å². The molecule has 0 saturated carbocycles. The van der Waals surface area contributed by atoms with Gasteiger partial charge in [0, 0.05) is 35.1 Å². The van der Waals surface area contributed by atoms with E-state index in [4.69, 9.17) is 0 Å². The van der Waals surface area contributed by atoms with E-state index in [9.17, 15) is 17.6 Å². The Balaban J connectivity index is 1.71. The summed E-state index contributed by atoms with van der Waals surface area (Å²) in [5.74, 6) is -0.627. The number of anilines is 1. The first-order valence-corrected chi connectivity index (χ1v) is 7.63. The van der Waals surface area contributed by atoms with E-state index in [1.165, 1.54) is 10.6 Å². The number of nitrogens with zero attached hydrogens (tertiary/aromatic N) is 4. The van der Waals surface area contributed by atoms with Crippen molar-refractivity contribution in [3.05, 3.63) is 42.9 Å². The van der Waals surface area contributed by atoms with Crippen molar-refractivity contribution in [3.8, 4) is 11.1 Å². The molecule has 6 nitrogen and oxygen atoms in total. The lowest BCUT2D eigenvalue weighted by atomic mass is 10.1. The van der Waals surface area contributed by atoms with Crippen molar-refractivity contribution >= 4 is 22.6 Å². The maximum atomic E-state index is 13.7. The zero-order chi connectivity index (χ0) is 18.5. The van der Waals surface area contributed by atoms with Gasteiger partial charge in [0.15, 0.2) is 0 Å². The standard InChI is InChI=1S/C16H12F4N6/c1-8(16(18,19)20)24-15-23-5-11-10(4-22-14(11)25-15)9-2-3-13-21-6-12(17)26(13)7-9/h2-8H,1H3,(H2,22,23,24,25)/t8-/m1/s1. The Kier molecular flexibility index (Phi) is 3.56. The van der Waals surface area contributed by atoms with E-state index < -0.39 is 18.2 Å². The maximum absolute atomic E-state index is 13.7. The summed E-state index contributed by atoms with van der Waals surface area (Å²) in [6.07, 6.45) is 1.37. The average Bonchev–Trinajstić information content (AvgIpc) is 3.17. The molecular formula is C16H12F4N6. The zero-order valence-corrected chi connectivity index (χ0v) is 13.3. The second kappa shape index (κ2) is 5.68. The number of rotatable bonds is 3. The Morgan fingerprint density at radius 1 is 1.19 bits per heavy atom. The van der Waals surface area contributed by atoms with Gasteiger partial charge in [0.25, 0.3) is 0 Å². The molecule has 0 aliphatic carbocycles. The first-order chi connectivity index (χ1) is 12.3. The normalized spacial score (nSPS) is 13.4. The molecule has 4 rings (SSSR count). The fourth-order valence-electron chi connectivity index (χ4n) is 2.60. The van der Waals surface area contributed by atoms with Crippen molar-refractivity contribution < 1.29 is 17.6 Å². The van der Waals surface area contributed by atoms with Crippen molar-refractivity contribution in [1.82, 2.24) is 24.3 Å². The number of aromatic nitrogens is 5. The van der Waals surface area contributed by atoms with Crippen molar-refractivity contribution in [2.24, 2.45) is 0 Å². The first kappa shape index (κ1) is 16.3. The summed E-state index contributed by atoms with van der Waals surface area (Å²) < 4.78 is 53.0. The van der Waals surface area contributed by atoms with E-state index >= 15 is 0 Å². The molecular weight excluding hydrogens is 352 g/mol. The van der Waals surface area contributed by atoms with Gasteiger partial charge < -0.3 is 10.3 Å². The fraction of sp³-hybridized carbons (Fsp3) is 0.188. The third-order valence-corrected chi connectivity index (χ3v) is 4.04. The summed E-state index contributed by atoms with van der Waals surface area (Å²) in [5, 5.41) is 2.83. The van der Waals surface area contributed by atoms with Gasteiger partial charge in [-0.15, -0.1) is 0 Å². The molecule has 4 heterocycles. The number of aromatic amines is 1. The lowest BCUT2D eigenvalue weighted by molar-refractivity contribution is -0.138. The van der Waals surface area contributed by atoms with Gasteiger partial charge >= 0.3 is 6.18 Å². The summed E-state index contributed by atoms with van der Waals surface area (Å²) >= 11 is 0. The fourth-order valence-corrected chi connectivity index (χ4v) is 2.60. The number of nitrogens with one attached hydrogen (secondary N) is 2. The Bertz CT molecular complexity index is 1100. The predicted molar refractivity (Wildman–Crippen MR) is 87.2 cm³/mol. The van der Waals surface area contributed by atoms with Crippen molar-refractivity contribution in [2.45, 2.75) is 19.1 Å². The largest absolute Gasteiger partial charge is 0.408 e. The highest BCUT2D eigenvalue weighted by atomic mass is 19.4. The van der Waals surface area contributed by atoms with Gasteiger partial charge in [0.1, 0.15) is 17.3 Å². The summed E-state index contributed by atoms with van der Waals surface area (Å²) in [4.78, 5) is 14.8. The molecule has 4 aromatic heterocycles. The average molecular weight is 364 g/mol. The molecule has 4 aromatic rings. The summed E-state index contributed by atoms with van der Waals surface area (Å²) in [6, 6.07) is 1.66. The van der Waals surface area contributed by atoms with Gasteiger partial charge in [0.2, 0.25) is 11.9 Å². The summed E-state index contributed by atoms with van der Waals surface area (Å²) in [6.45, 7) is 0.989. The third-order valence-electron chi connectivity index (χ3n) is 4.04. The van der Waals surface area contributed by atoms with Gasteiger partial charge in [-0.2, -0.15) is 22.5 Å². The molecule has 0 bridgehead atoms. The van der Waals surface area contributed by atoms with E-state index in [1.54, 1.807) is 24.5 Å². The lowest BCUT2D eigenvalue weighted by Crippen LogP contribution is -2.33. The quantitative estimate of drug-likeness (QED) is 0.543. The van der Waals surface area contributed by atoms with E-state index in [2.05, 4.69) is 25.3 Å². The van der Waals surface area contributed by atoms with Gasteiger partial charge in [0.05, 0.1) is 6.20 Å². The van der Waals surface area contributed by atoms with Crippen molar-refractivity contribution in [2.75, 3.05) is 5.32 Å². The Morgan fingerprint density at radius 2 is 2.00 bits per heavy atom. The van der Waals surface area contributed by atoms with Crippen LogP contribution in [-0.2, 0) is 0 Å². The van der Waals surface area contributed by atoms with E-state index in [0.717, 1.165) is 13.1 Å². The Hall–Kier alpha value is -3.17. The second-order valence-corrected chi connectivity index (χ2v) is 5.79. The highest BCUT2D eigenvalue weighted by Gasteiger charge is 2.36. The van der Waals surface area contributed by atoms with E-state index in [-0.39, 0.29) is 5.95 Å². The topological polar surface area (TPSA) is 70.9 Å². The number of H-pyrrole nitrogens is 1. The number of halogens is 4. The van der Waals surface area contributed by atoms with Crippen LogP contribution in [0.25, 0.3) is 27.8 Å². The van der Waals surface area contributed by atoms with Crippen LogP contribution < -0.4 is 5.32 Å². The molecule has 134 valence electrons. The van der Waals surface area contributed by atoms with Crippen LogP contribution in [0.4, 0.5) is 23.5 Å². The zero-order valence-electron chi connectivity index (χ0n) is 13.3. The molecule has 0 saturated heterocycles. The molecule has 2 N–H and O–H groups in total. The molecule has 0 fully saturated rings. The minimum Gasteiger partial charge on any atom is -0.345 e. The molecule has 0 unspecified atom stereocenters. The number of alkyl halides is 3. The van der Waals surface area contributed by atoms with E-state index in [0.29, 0.717) is 27.8 Å². The third kappa shape index (κ3) is 2.72. The molecule has 0 amide bonds. The second-order valence-electron chi connectivity index (χ2n) is 5.79. The minimum absolute atomic E-state index is 0.133. The van der Waals surface area contributed by atoms with Crippen LogP contribution in [0, 0.1) is 5.95 Å². The number of pyridine rings is 1.